The Morgan fingerprint density at radius 1 is 1.47 bits per heavy atom. The summed E-state index contributed by atoms with van der Waals surface area (Å²) < 4.78 is 1.44. The first-order valence-electron chi connectivity index (χ1n) is 6.71. The third-order valence-corrected chi connectivity index (χ3v) is 3.28. The largest absolute Gasteiger partial charge is 0.356 e. The molecule has 102 valence electrons. The molecule has 2 rings (SSSR count). The van der Waals surface area contributed by atoms with Crippen LogP contribution in [0.3, 0.4) is 0 Å². The van der Waals surface area contributed by atoms with E-state index < -0.39 is 0 Å². The van der Waals surface area contributed by atoms with Crippen LogP contribution in [0.1, 0.15) is 32.1 Å². The van der Waals surface area contributed by atoms with E-state index in [2.05, 4.69) is 16.4 Å². The van der Waals surface area contributed by atoms with Crippen LogP contribution in [0.25, 0.3) is 0 Å². The Kier molecular flexibility index (Phi) is 4.89. The lowest BCUT2D eigenvalue weighted by molar-refractivity contribution is -0.121. The van der Waals surface area contributed by atoms with Crippen molar-refractivity contribution in [2.75, 3.05) is 6.54 Å². The van der Waals surface area contributed by atoms with Gasteiger partial charge in [-0.1, -0.05) is 11.6 Å². The first-order valence-corrected chi connectivity index (χ1v) is 6.71. The number of carbonyl (C=O) groups excluding carboxylic acids is 1. The van der Waals surface area contributed by atoms with Crippen molar-refractivity contribution >= 4 is 5.91 Å². The van der Waals surface area contributed by atoms with Crippen LogP contribution < -0.4 is 10.9 Å². The minimum Gasteiger partial charge on any atom is -0.356 e. The highest BCUT2D eigenvalue weighted by molar-refractivity contribution is 5.75. The van der Waals surface area contributed by atoms with E-state index in [4.69, 9.17) is 0 Å². The predicted molar refractivity (Wildman–Crippen MR) is 72.7 cm³/mol. The van der Waals surface area contributed by atoms with Crippen molar-refractivity contribution in [1.82, 2.24) is 14.9 Å². The zero-order valence-electron chi connectivity index (χ0n) is 11.0. The summed E-state index contributed by atoms with van der Waals surface area (Å²) in [5, 5.41) is 2.88. The van der Waals surface area contributed by atoms with Gasteiger partial charge in [0.15, 0.2) is 0 Å². The fraction of sp³-hybridized carbons (Fsp3) is 0.500. The van der Waals surface area contributed by atoms with Gasteiger partial charge in [0.2, 0.25) is 5.91 Å². The van der Waals surface area contributed by atoms with E-state index in [-0.39, 0.29) is 11.5 Å². The van der Waals surface area contributed by atoms with Crippen molar-refractivity contribution in [2.45, 2.75) is 38.6 Å². The summed E-state index contributed by atoms with van der Waals surface area (Å²) in [7, 11) is 0. The zero-order valence-corrected chi connectivity index (χ0v) is 11.0. The van der Waals surface area contributed by atoms with Crippen LogP contribution in [0.15, 0.2) is 35.0 Å². The number of carbonyl (C=O) groups is 1. The second-order valence-corrected chi connectivity index (χ2v) is 4.72. The number of aryl methyl sites for hydroxylation is 1. The Bertz CT molecular complexity index is 519. The number of hydrogen-bond donors (Lipinski definition) is 1. The molecule has 0 aliphatic heterocycles. The molecule has 1 heterocycles. The molecule has 0 spiro atoms. The van der Waals surface area contributed by atoms with Crippen molar-refractivity contribution in [2.24, 2.45) is 0 Å². The second-order valence-electron chi connectivity index (χ2n) is 4.72. The Morgan fingerprint density at radius 2 is 2.37 bits per heavy atom. The van der Waals surface area contributed by atoms with E-state index in [1.165, 1.54) is 48.0 Å². The van der Waals surface area contributed by atoms with Crippen molar-refractivity contribution in [1.29, 1.82) is 0 Å². The van der Waals surface area contributed by atoms with Gasteiger partial charge in [-0.15, -0.1) is 0 Å². The van der Waals surface area contributed by atoms with Crippen LogP contribution in [0.5, 0.6) is 0 Å². The summed E-state index contributed by atoms with van der Waals surface area (Å²) in [6.45, 7) is 1.06. The number of amides is 1. The normalized spacial score (nSPS) is 14.2. The molecular formula is C14H19N3O2. The van der Waals surface area contributed by atoms with Crippen LogP contribution in [0.2, 0.25) is 0 Å². The summed E-state index contributed by atoms with van der Waals surface area (Å²) in [6.07, 6.45) is 10.0. The van der Waals surface area contributed by atoms with Crippen LogP contribution in [0, 0.1) is 0 Å². The second kappa shape index (κ2) is 6.87. The van der Waals surface area contributed by atoms with Gasteiger partial charge in [-0.3, -0.25) is 14.2 Å². The van der Waals surface area contributed by atoms with Crippen molar-refractivity contribution < 1.29 is 4.79 Å². The van der Waals surface area contributed by atoms with Gasteiger partial charge in [-0.2, -0.15) is 0 Å². The molecule has 0 aromatic carbocycles. The molecule has 1 amide bonds. The van der Waals surface area contributed by atoms with Gasteiger partial charge in [0, 0.05) is 31.8 Å². The number of nitrogens with zero attached hydrogens (tertiary/aromatic N) is 2. The summed E-state index contributed by atoms with van der Waals surface area (Å²) >= 11 is 0. The zero-order chi connectivity index (χ0) is 13.5. The fourth-order valence-corrected chi connectivity index (χ4v) is 2.18. The highest BCUT2D eigenvalue weighted by Crippen LogP contribution is 2.19. The number of aromatic nitrogens is 2. The molecule has 0 radical (unpaired) electrons. The first kappa shape index (κ1) is 13.5. The van der Waals surface area contributed by atoms with Gasteiger partial charge in [0.05, 0.1) is 6.33 Å². The van der Waals surface area contributed by atoms with Crippen molar-refractivity contribution in [3.05, 3.63) is 40.6 Å². The molecule has 1 aromatic rings. The SMILES string of the molecule is O=C(CCn1cnccc1=O)NCCC1=CCCC1. The molecular weight excluding hydrogens is 242 g/mol. The standard InChI is InChI=1S/C14H19N3O2/c18-13(16-9-5-12-3-1-2-4-12)7-10-17-11-15-8-6-14(17)19/h3,6,8,11H,1-2,4-5,7,9-10H2,(H,16,18). The molecule has 5 heteroatoms. The number of rotatable bonds is 6. The van der Waals surface area contributed by atoms with Gasteiger partial charge in [0.25, 0.3) is 5.56 Å². The molecule has 5 nitrogen and oxygen atoms in total. The van der Waals surface area contributed by atoms with E-state index in [9.17, 15) is 9.59 Å². The first-order chi connectivity index (χ1) is 9.25. The smallest absolute Gasteiger partial charge is 0.253 e. The average molecular weight is 261 g/mol. The van der Waals surface area contributed by atoms with Crippen LogP contribution in [0.4, 0.5) is 0 Å². The quantitative estimate of drug-likeness (QED) is 0.784. The van der Waals surface area contributed by atoms with Gasteiger partial charge in [0.1, 0.15) is 0 Å². The third-order valence-electron chi connectivity index (χ3n) is 3.28. The maximum Gasteiger partial charge on any atom is 0.253 e. The van der Waals surface area contributed by atoms with E-state index in [1.807, 2.05) is 0 Å². The molecule has 1 aliphatic rings. The minimum absolute atomic E-state index is 0.0191. The Balaban J connectivity index is 1.67. The lowest BCUT2D eigenvalue weighted by Gasteiger charge is -2.07. The monoisotopic (exact) mass is 261 g/mol. The van der Waals surface area contributed by atoms with E-state index in [0.717, 1.165) is 6.42 Å². The average Bonchev–Trinajstić information content (AvgIpc) is 2.91. The Hall–Kier alpha value is -1.91. The Morgan fingerprint density at radius 3 is 3.11 bits per heavy atom. The number of hydrogen-bond acceptors (Lipinski definition) is 3. The van der Waals surface area contributed by atoms with Crippen LogP contribution >= 0.6 is 0 Å². The van der Waals surface area contributed by atoms with Gasteiger partial charge >= 0.3 is 0 Å². The molecule has 0 unspecified atom stereocenters. The van der Waals surface area contributed by atoms with E-state index >= 15 is 0 Å². The predicted octanol–water partition coefficient (Wildman–Crippen LogP) is 1.25. The molecule has 0 fully saturated rings. The molecule has 0 saturated heterocycles. The van der Waals surface area contributed by atoms with E-state index in [1.54, 1.807) is 0 Å². The summed E-state index contributed by atoms with van der Waals surface area (Å²) in [6, 6.07) is 1.39. The molecule has 1 N–H and O–H groups in total. The fourth-order valence-electron chi connectivity index (χ4n) is 2.18. The molecule has 1 aromatic heterocycles. The van der Waals surface area contributed by atoms with Gasteiger partial charge < -0.3 is 5.32 Å². The van der Waals surface area contributed by atoms with E-state index in [0.29, 0.717) is 19.5 Å². The summed E-state index contributed by atoms with van der Waals surface area (Å²) in [4.78, 5) is 26.9. The maximum atomic E-state index is 11.6. The number of nitrogens with one attached hydrogen (secondary N) is 1. The summed E-state index contributed by atoms with van der Waals surface area (Å²) in [5.74, 6) is -0.0191. The summed E-state index contributed by atoms with van der Waals surface area (Å²) in [5.41, 5.74) is 1.32. The van der Waals surface area contributed by atoms with Gasteiger partial charge in [-0.25, -0.2) is 4.98 Å². The number of allylic oxidation sites excluding steroid dienone is 1. The maximum absolute atomic E-state index is 11.6. The van der Waals surface area contributed by atoms with Crippen LogP contribution in [-0.4, -0.2) is 22.0 Å². The minimum atomic E-state index is -0.126. The molecule has 19 heavy (non-hydrogen) atoms. The van der Waals surface area contributed by atoms with Crippen molar-refractivity contribution in [3.8, 4) is 0 Å². The molecule has 0 atom stereocenters. The molecule has 1 aliphatic carbocycles. The molecule has 0 bridgehead atoms. The van der Waals surface area contributed by atoms with Gasteiger partial charge in [-0.05, 0) is 25.7 Å². The lowest BCUT2D eigenvalue weighted by atomic mass is 10.2. The Labute approximate surface area is 112 Å². The topological polar surface area (TPSA) is 64.0 Å². The lowest BCUT2D eigenvalue weighted by Crippen LogP contribution is -2.28. The highest BCUT2D eigenvalue weighted by Gasteiger charge is 2.06. The highest BCUT2D eigenvalue weighted by atomic mass is 16.1. The molecule has 0 saturated carbocycles. The van der Waals surface area contributed by atoms with Crippen molar-refractivity contribution in [3.63, 3.8) is 0 Å². The third kappa shape index (κ3) is 4.35. The van der Waals surface area contributed by atoms with Crippen LogP contribution in [-0.2, 0) is 11.3 Å².